The number of thioether (sulfide) groups is 1. The molecular weight excluding hydrogens is 453 g/mol. The van der Waals surface area contributed by atoms with E-state index in [4.69, 9.17) is 4.11 Å². The monoisotopic (exact) mass is 482 g/mol. The Morgan fingerprint density at radius 2 is 2.03 bits per heavy atom. The summed E-state index contributed by atoms with van der Waals surface area (Å²) in [5, 5.41) is 30.8. The van der Waals surface area contributed by atoms with E-state index in [9.17, 15) is 5.11 Å². The summed E-state index contributed by atoms with van der Waals surface area (Å²) in [6.45, 7) is 0. The minimum Gasteiger partial charge on any atom is -0.507 e. The van der Waals surface area contributed by atoms with Crippen molar-refractivity contribution in [1.82, 2.24) is 30.7 Å². The fourth-order valence-corrected chi connectivity index (χ4v) is 5.46. The first kappa shape index (κ1) is 18.5. The van der Waals surface area contributed by atoms with E-state index in [1.807, 2.05) is 0 Å². The van der Waals surface area contributed by atoms with Gasteiger partial charge in [-0.2, -0.15) is 5.10 Å². The molecule has 0 spiro atoms. The lowest BCUT2D eigenvalue weighted by Crippen LogP contribution is -2.57. The average molecular weight is 483 g/mol. The van der Waals surface area contributed by atoms with Gasteiger partial charge in [-0.3, -0.25) is 0 Å². The highest BCUT2D eigenvalue weighted by molar-refractivity contribution is 7.98. The highest BCUT2D eigenvalue weighted by Gasteiger charge is 2.48. The van der Waals surface area contributed by atoms with Crippen LogP contribution in [0.2, 0.25) is 0 Å². The Hall–Kier alpha value is -2.85. The summed E-state index contributed by atoms with van der Waals surface area (Å²) in [7, 11) is 0. The largest absolute Gasteiger partial charge is 0.507 e. The van der Waals surface area contributed by atoms with Crippen LogP contribution in [0, 0.1) is 0 Å². The number of anilines is 1. The van der Waals surface area contributed by atoms with Crippen molar-refractivity contribution in [2.75, 3.05) is 11.1 Å². The molecule has 3 fully saturated rings. The molecule has 0 radical (unpaired) electrons. The standard InChI is InChI=1S/C24H26FN7OS/c1-34-22-9-14(11-27-30-22)13-2-6-17(20(33)8-13)24-26-12-21(29-31-24)32(16-4-5-16)19-10-15-3-7-18(28-15)23(19)25/h2,6,8-9,11-12,15-16,18-19,23,28,33H,3-5,7,10H2,1H3/t15-,18-,19+,23-/m0/s1/i1D3. The number of hydrogen-bond acceptors (Lipinski definition) is 9. The topological polar surface area (TPSA) is 100.0 Å². The average Bonchev–Trinajstić information content (AvgIpc) is 3.61. The Morgan fingerprint density at radius 1 is 1.12 bits per heavy atom. The summed E-state index contributed by atoms with van der Waals surface area (Å²) >= 11 is 0.642. The van der Waals surface area contributed by atoms with E-state index in [0.717, 1.165) is 32.1 Å². The molecule has 2 aliphatic heterocycles. The van der Waals surface area contributed by atoms with Crippen molar-refractivity contribution in [2.24, 2.45) is 0 Å². The number of hydrogen-bond donors (Lipinski definition) is 2. The molecule has 1 aliphatic carbocycles. The van der Waals surface area contributed by atoms with Gasteiger partial charge in [-0.05, 0) is 62.1 Å². The van der Waals surface area contributed by atoms with Gasteiger partial charge in [-0.25, -0.2) is 9.37 Å². The summed E-state index contributed by atoms with van der Waals surface area (Å²) < 4.78 is 37.5. The molecule has 3 aliphatic rings. The van der Waals surface area contributed by atoms with Gasteiger partial charge in [-0.15, -0.1) is 27.1 Å². The predicted octanol–water partition coefficient (Wildman–Crippen LogP) is 3.62. The Balaban J connectivity index is 1.23. The van der Waals surface area contributed by atoms with E-state index in [1.165, 1.54) is 6.20 Å². The van der Waals surface area contributed by atoms with Gasteiger partial charge < -0.3 is 15.3 Å². The van der Waals surface area contributed by atoms with Crippen LogP contribution >= 0.6 is 11.8 Å². The molecule has 4 heterocycles. The normalized spacial score (nSPS) is 27.6. The van der Waals surface area contributed by atoms with Crippen molar-refractivity contribution >= 4 is 17.6 Å². The number of rotatable bonds is 6. The van der Waals surface area contributed by atoms with Crippen molar-refractivity contribution in [3.8, 4) is 28.3 Å². The van der Waals surface area contributed by atoms with Crippen molar-refractivity contribution in [3.05, 3.63) is 36.7 Å². The quantitative estimate of drug-likeness (QED) is 0.510. The zero-order valence-corrected chi connectivity index (χ0v) is 19.1. The number of phenols is 1. The maximum Gasteiger partial charge on any atom is 0.185 e. The third-order valence-electron chi connectivity index (χ3n) is 6.97. The minimum atomic E-state index is -2.23. The molecule has 10 heteroatoms. The summed E-state index contributed by atoms with van der Waals surface area (Å²) in [4.78, 5) is 6.55. The Bertz CT molecular complexity index is 1290. The number of piperidine rings is 1. The summed E-state index contributed by atoms with van der Waals surface area (Å²) in [5.74, 6) is 0.780. The molecule has 8 nitrogen and oxygen atoms in total. The molecule has 6 rings (SSSR count). The number of benzene rings is 1. The lowest BCUT2D eigenvalue weighted by atomic mass is 9.96. The van der Waals surface area contributed by atoms with Gasteiger partial charge in [-0.1, -0.05) is 6.07 Å². The Labute approximate surface area is 205 Å². The lowest BCUT2D eigenvalue weighted by Gasteiger charge is -2.40. The number of fused-ring (bicyclic) bond motifs is 2. The summed E-state index contributed by atoms with van der Waals surface area (Å²) in [5.41, 5.74) is 1.67. The smallest absolute Gasteiger partial charge is 0.185 e. The van der Waals surface area contributed by atoms with Gasteiger partial charge in [0.2, 0.25) is 0 Å². The number of alkyl halides is 1. The van der Waals surface area contributed by atoms with Crippen LogP contribution in [0.15, 0.2) is 41.7 Å². The molecular formula is C24H26FN7OS. The highest BCUT2D eigenvalue weighted by Crippen LogP contribution is 2.40. The summed E-state index contributed by atoms with van der Waals surface area (Å²) in [6.07, 6.45) is 4.57. The van der Waals surface area contributed by atoms with E-state index < -0.39 is 12.4 Å². The lowest BCUT2D eigenvalue weighted by molar-refractivity contribution is 0.171. The predicted molar refractivity (Wildman–Crippen MR) is 128 cm³/mol. The molecule has 2 saturated heterocycles. The Kier molecular flexibility index (Phi) is 4.75. The van der Waals surface area contributed by atoms with Crippen LogP contribution in [0.3, 0.4) is 0 Å². The van der Waals surface area contributed by atoms with Gasteiger partial charge in [0.05, 0.1) is 24.0 Å². The van der Waals surface area contributed by atoms with Crippen LogP contribution in [0.5, 0.6) is 5.75 Å². The van der Waals surface area contributed by atoms with E-state index in [0.29, 0.717) is 40.3 Å². The third-order valence-corrected chi connectivity index (χ3v) is 7.38. The van der Waals surface area contributed by atoms with Crippen molar-refractivity contribution < 1.29 is 13.6 Å². The van der Waals surface area contributed by atoms with E-state index >= 15 is 4.39 Å². The van der Waals surface area contributed by atoms with Gasteiger partial charge in [0.25, 0.3) is 0 Å². The first-order chi connectivity index (χ1) is 17.7. The molecule has 2 aromatic heterocycles. The molecule has 2 N–H and O–H groups in total. The zero-order chi connectivity index (χ0) is 25.7. The maximum atomic E-state index is 15.3. The SMILES string of the molecule is [2H]C([2H])([2H])Sc1cc(-c2ccc(-c3ncc(N(C4CC4)[C@@H]4C[C@@H]5CC[C@H](N5)[C@@H]4F)nn3)c(O)c2)cnn1. The molecule has 34 heavy (non-hydrogen) atoms. The van der Waals surface area contributed by atoms with Crippen LogP contribution in [0.25, 0.3) is 22.5 Å². The van der Waals surface area contributed by atoms with E-state index in [-0.39, 0.29) is 34.7 Å². The number of halogens is 1. The van der Waals surface area contributed by atoms with Crippen LogP contribution < -0.4 is 10.2 Å². The van der Waals surface area contributed by atoms with E-state index in [1.54, 1.807) is 30.5 Å². The van der Waals surface area contributed by atoms with Gasteiger partial charge in [0.1, 0.15) is 16.9 Å². The third kappa shape index (κ3) is 3.98. The zero-order valence-electron chi connectivity index (χ0n) is 21.3. The van der Waals surface area contributed by atoms with Crippen molar-refractivity contribution in [2.45, 2.75) is 67.5 Å². The first-order valence-electron chi connectivity index (χ1n) is 13.0. The molecule has 4 atom stereocenters. The fourth-order valence-electron chi connectivity index (χ4n) is 5.19. The number of nitrogens with zero attached hydrogens (tertiary/aromatic N) is 6. The highest BCUT2D eigenvalue weighted by atomic mass is 32.2. The van der Waals surface area contributed by atoms with Gasteiger partial charge >= 0.3 is 0 Å². The van der Waals surface area contributed by atoms with Crippen molar-refractivity contribution in [3.63, 3.8) is 0 Å². The molecule has 176 valence electrons. The summed E-state index contributed by atoms with van der Waals surface area (Å²) in [6, 6.07) is 6.88. The molecule has 0 unspecified atom stereocenters. The van der Waals surface area contributed by atoms with Crippen LogP contribution in [0.1, 0.15) is 36.2 Å². The molecule has 1 aromatic carbocycles. The molecule has 2 bridgehead atoms. The second-order valence-electron chi connectivity index (χ2n) is 9.19. The number of aromatic hydroxyl groups is 1. The van der Waals surface area contributed by atoms with Crippen LogP contribution in [0.4, 0.5) is 10.2 Å². The second kappa shape index (κ2) is 8.74. The number of nitrogens with one attached hydrogen (secondary N) is 1. The van der Waals surface area contributed by atoms with Crippen LogP contribution in [-0.2, 0) is 0 Å². The Morgan fingerprint density at radius 3 is 2.79 bits per heavy atom. The van der Waals surface area contributed by atoms with Gasteiger partial charge in [0.15, 0.2) is 11.6 Å². The maximum absolute atomic E-state index is 15.3. The molecule has 3 aromatic rings. The molecule has 0 amide bonds. The fraction of sp³-hybridized carbons (Fsp3) is 0.458. The first-order valence-corrected chi connectivity index (χ1v) is 12.3. The van der Waals surface area contributed by atoms with Crippen LogP contribution in [-0.4, -0.2) is 67.0 Å². The van der Waals surface area contributed by atoms with Crippen molar-refractivity contribution in [1.29, 1.82) is 0 Å². The van der Waals surface area contributed by atoms with E-state index in [2.05, 4.69) is 35.6 Å². The number of phenolic OH excluding ortho intramolecular Hbond substituents is 1. The second-order valence-corrected chi connectivity index (χ2v) is 9.81. The number of aromatic nitrogens is 5. The molecule has 1 saturated carbocycles. The minimum absolute atomic E-state index is 0.0494. The van der Waals surface area contributed by atoms with Gasteiger partial charge in [0, 0.05) is 27.8 Å².